The molecule has 1 aromatic carbocycles. The zero-order valence-corrected chi connectivity index (χ0v) is 13.2. The molecule has 0 amide bonds. The largest absolute Gasteiger partial charge is 0.388 e. The van der Waals surface area contributed by atoms with Gasteiger partial charge in [-0.05, 0) is 44.4 Å². The lowest BCUT2D eigenvalue weighted by Crippen LogP contribution is -2.46. The van der Waals surface area contributed by atoms with Gasteiger partial charge in [-0.2, -0.15) is 0 Å². The van der Waals surface area contributed by atoms with E-state index in [2.05, 4.69) is 23.2 Å². The summed E-state index contributed by atoms with van der Waals surface area (Å²) in [5.41, 5.74) is 1.67. The molecule has 1 heterocycles. The van der Waals surface area contributed by atoms with E-state index in [4.69, 9.17) is 11.6 Å². The summed E-state index contributed by atoms with van der Waals surface area (Å²) in [5, 5.41) is 14.5. The zero-order chi connectivity index (χ0) is 14.6. The van der Waals surface area contributed by atoms with Crippen molar-refractivity contribution in [1.82, 2.24) is 5.32 Å². The number of halogens is 1. The number of hydrogen-bond acceptors (Lipinski definition) is 3. The molecule has 1 fully saturated rings. The molecule has 2 N–H and O–H groups in total. The molecule has 1 aliphatic heterocycles. The Hall–Kier alpha value is -0.770. The number of hydrogen-bond donors (Lipinski definition) is 2. The summed E-state index contributed by atoms with van der Waals surface area (Å²) in [5.74, 6) is 0. The summed E-state index contributed by atoms with van der Waals surface area (Å²) in [6, 6.07) is 6.05. The molecule has 1 aliphatic rings. The van der Waals surface area contributed by atoms with Gasteiger partial charge in [0.25, 0.3) is 0 Å². The maximum absolute atomic E-state index is 10.3. The lowest BCUT2D eigenvalue weighted by molar-refractivity contribution is 0.0449. The van der Waals surface area contributed by atoms with Crippen LogP contribution in [-0.2, 0) is 6.54 Å². The molecule has 2 rings (SSSR count). The van der Waals surface area contributed by atoms with Gasteiger partial charge >= 0.3 is 0 Å². The average molecular weight is 297 g/mol. The average Bonchev–Trinajstić information content (AvgIpc) is 2.38. The van der Waals surface area contributed by atoms with E-state index in [1.54, 1.807) is 0 Å². The molecule has 112 valence electrons. The standard InChI is InChI=1S/C16H25ClN2O/c1-3-9-18-11-13-6-4-7-14(17)15(13)19-10-5-8-16(2,20)12-19/h4,6-7,18,20H,3,5,8-12H2,1-2H3. The second-order valence-corrected chi connectivity index (χ2v) is 6.35. The van der Waals surface area contributed by atoms with Gasteiger partial charge in [-0.3, -0.25) is 0 Å². The van der Waals surface area contributed by atoms with Crippen LogP contribution in [0.15, 0.2) is 18.2 Å². The van der Waals surface area contributed by atoms with Crippen molar-refractivity contribution in [3.8, 4) is 0 Å². The second kappa shape index (κ2) is 6.79. The highest BCUT2D eigenvalue weighted by Crippen LogP contribution is 2.34. The minimum atomic E-state index is -0.620. The molecule has 0 radical (unpaired) electrons. The maximum Gasteiger partial charge on any atom is 0.0794 e. The molecule has 1 unspecified atom stereocenters. The summed E-state index contributed by atoms with van der Waals surface area (Å²) < 4.78 is 0. The first-order chi connectivity index (χ1) is 9.53. The van der Waals surface area contributed by atoms with Crippen LogP contribution in [0.25, 0.3) is 0 Å². The molecule has 3 nitrogen and oxygen atoms in total. The number of nitrogens with one attached hydrogen (secondary N) is 1. The van der Waals surface area contributed by atoms with E-state index < -0.39 is 5.60 Å². The van der Waals surface area contributed by atoms with Crippen molar-refractivity contribution in [2.75, 3.05) is 24.5 Å². The van der Waals surface area contributed by atoms with Crippen LogP contribution in [0, 0.1) is 0 Å². The molecule has 0 saturated carbocycles. The molecule has 1 atom stereocenters. The van der Waals surface area contributed by atoms with E-state index in [0.29, 0.717) is 6.54 Å². The number of nitrogens with zero attached hydrogens (tertiary/aromatic N) is 1. The minimum Gasteiger partial charge on any atom is -0.388 e. The summed E-state index contributed by atoms with van der Waals surface area (Å²) >= 11 is 6.42. The van der Waals surface area contributed by atoms with Gasteiger partial charge in [0.1, 0.15) is 0 Å². The van der Waals surface area contributed by atoms with E-state index in [-0.39, 0.29) is 0 Å². The SMILES string of the molecule is CCCNCc1cccc(Cl)c1N1CCCC(C)(O)C1. The van der Waals surface area contributed by atoms with Gasteiger partial charge in [0.2, 0.25) is 0 Å². The first-order valence-corrected chi connectivity index (χ1v) is 7.87. The van der Waals surface area contributed by atoms with E-state index in [1.807, 2.05) is 19.1 Å². The highest BCUT2D eigenvalue weighted by atomic mass is 35.5. The molecule has 1 saturated heterocycles. The highest BCUT2D eigenvalue weighted by molar-refractivity contribution is 6.33. The van der Waals surface area contributed by atoms with Gasteiger partial charge in [0.15, 0.2) is 0 Å². The summed E-state index contributed by atoms with van der Waals surface area (Å²) in [4.78, 5) is 2.23. The molecule has 4 heteroatoms. The normalized spacial score (nSPS) is 23.1. The van der Waals surface area contributed by atoms with Crippen LogP contribution in [-0.4, -0.2) is 30.3 Å². The van der Waals surface area contributed by atoms with Crippen LogP contribution in [0.1, 0.15) is 38.7 Å². The van der Waals surface area contributed by atoms with Crippen molar-refractivity contribution in [1.29, 1.82) is 0 Å². The Morgan fingerprint density at radius 1 is 1.45 bits per heavy atom. The number of rotatable bonds is 5. The van der Waals surface area contributed by atoms with Gasteiger partial charge in [-0.15, -0.1) is 0 Å². The fourth-order valence-corrected chi connectivity index (χ4v) is 3.18. The van der Waals surface area contributed by atoms with Crippen molar-refractivity contribution in [2.45, 2.75) is 45.3 Å². The minimum absolute atomic E-state index is 0.620. The second-order valence-electron chi connectivity index (χ2n) is 5.95. The van der Waals surface area contributed by atoms with Gasteiger partial charge in [0.05, 0.1) is 16.3 Å². The van der Waals surface area contributed by atoms with Gasteiger partial charge in [-0.1, -0.05) is 30.7 Å². The van der Waals surface area contributed by atoms with Crippen molar-refractivity contribution in [3.05, 3.63) is 28.8 Å². The van der Waals surface area contributed by atoms with E-state index in [1.165, 1.54) is 5.56 Å². The van der Waals surface area contributed by atoms with Crippen molar-refractivity contribution in [3.63, 3.8) is 0 Å². The highest BCUT2D eigenvalue weighted by Gasteiger charge is 2.30. The van der Waals surface area contributed by atoms with E-state index >= 15 is 0 Å². The number of para-hydroxylation sites is 1. The number of β-amino-alcohol motifs (C(OH)–C–C–N with tert-alkyl or cyclic N) is 1. The zero-order valence-electron chi connectivity index (χ0n) is 12.5. The van der Waals surface area contributed by atoms with E-state index in [9.17, 15) is 5.11 Å². The van der Waals surface area contributed by atoms with Crippen LogP contribution in [0.2, 0.25) is 5.02 Å². The molecular weight excluding hydrogens is 272 g/mol. The number of anilines is 1. The number of benzene rings is 1. The van der Waals surface area contributed by atoms with Crippen LogP contribution in [0.5, 0.6) is 0 Å². The van der Waals surface area contributed by atoms with Gasteiger partial charge in [0, 0.05) is 19.6 Å². The number of aliphatic hydroxyl groups is 1. The number of piperidine rings is 1. The third-order valence-corrected chi connectivity index (χ3v) is 4.11. The summed E-state index contributed by atoms with van der Waals surface area (Å²) in [6.45, 7) is 7.50. The molecular formula is C16H25ClN2O. The molecule has 1 aromatic rings. The molecule has 0 aromatic heterocycles. The topological polar surface area (TPSA) is 35.5 Å². The lowest BCUT2D eigenvalue weighted by Gasteiger charge is -2.39. The third kappa shape index (κ3) is 3.87. The van der Waals surface area contributed by atoms with Crippen LogP contribution >= 0.6 is 11.6 Å². The fourth-order valence-electron chi connectivity index (χ4n) is 2.87. The van der Waals surface area contributed by atoms with Crippen LogP contribution in [0.3, 0.4) is 0 Å². The summed E-state index contributed by atoms with van der Waals surface area (Å²) in [6.07, 6.45) is 2.98. The van der Waals surface area contributed by atoms with Crippen LogP contribution < -0.4 is 10.2 Å². The Kier molecular flexibility index (Phi) is 5.30. The predicted octanol–water partition coefficient (Wildman–Crippen LogP) is 3.19. The first kappa shape index (κ1) is 15.6. The summed E-state index contributed by atoms with van der Waals surface area (Å²) in [7, 11) is 0. The smallest absolute Gasteiger partial charge is 0.0794 e. The Bertz CT molecular complexity index is 448. The van der Waals surface area contributed by atoms with Gasteiger partial charge < -0.3 is 15.3 Å². The Morgan fingerprint density at radius 2 is 2.25 bits per heavy atom. The molecule has 20 heavy (non-hydrogen) atoms. The maximum atomic E-state index is 10.3. The first-order valence-electron chi connectivity index (χ1n) is 7.49. The Morgan fingerprint density at radius 3 is 2.95 bits per heavy atom. The monoisotopic (exact) mass is 296 g/mol. The van der Waals surface area contributed by atoms with Crippen LogP contribution in [0.4, 0.5) is 5.69 Å². The van der Waals surface area contributed by atoms with Crippen molar-refractivity contribution >= 4 is 17.3 Å². The fraction of sp³-hybridized carbons (Fsp3) is 0.625. The van der Waals surface area contributed by atoms with Crippen molar-refractivity contribution < 1.29 is 5.11 Å². The Labute approximate surface area is 126 Å². The molecule has 0 bridgehead atoms. The van der Waals surface area contributed by atoms with E-state index in [0.717, 1.165) is 49.6 Å². The Balaban J connectivity index is 2.20. The van der Waals surface area contributed by atoms with Crippen molar-refractivity contribution in [2.24, 2.45) is 0 Å². The molecule has 0 aliphatic carbocycles. The molecule has 0 spiro atoms. The van der Waals surface area contributed by atoms with Gasteiger partial charge in [-0.25, -0.2) is 0 Å². The third-order valence-electron chi connectivity index (χ3n) is 3.80. The predicted molar refractivity (Wildman–Crippen MR) is 85.5 cm³/mol. The quantitative estimate of drug-likeness (QED) is 0.819. The lowest BCUT2D eigenvalue weighted by atomic mass is 9.94.